The van der Waals surface area contributed by atoms with E-state index in [1.165, 1.54) is 7.11 Å². The van der Waals surface area contributed by atoms with Crippen molar-refractivity contribution < 1.29 is 9.53 Å². The van der Waals surface area contributed by atoms with Crippen LogP contribution in [0, 0.1) is 0 Å². The van der Waals surface area contributed by atoms with Crippen molar-refractivity contribution in [2.24, 2.45) is 0 Å². The molecule has 0 saturated heterocycles. The number of nitrogens with one attached hydrogen (secondary N) is 2. The Bertz CT molecular complexity index is 679. The van der Waals surface area contributed by atoms with Crippen molar-refractivity contribution in [3.05, 3.63) is 36.2 Å². The van der Waals surface area contributed by atoms with Gasteiger partial charge in [-0.05, 0) is 24.3 Å². The number of carbonyl (C=O) groups is 1. The fourth-order valence-electron chi connectivity index (χ4n) is 1.97. The molecule has 2 heterocycles. The Balaban J connectivity index is 2.34. The molecule has 0 amide bonds. The first-order valence-corrected chi connectivity index (χ1v) is 4.97. The van der Waals surface area contributed by atoms with Gasteiger partial charge in [-0.3, -0.25) is 0 Å². The summed E-state index contributed by atoms with van der Waals surface area (Å²) in [6, 6.07) is 7.74. The Labute approximate surface area is 91.2 Å². The minimum atomic E-state index is -0.347. The summed E-state index contributed by atoms with van der Waals surface area (Å²) in [5.41, 5.74) is 2.47. The lowest BCUT2D eigenvalue weighted by molar-refractivity contribution is 0.0595. The van der Waals surface area contributed by atoms with Crippen LogP contribution in [-0.4, -0.2) is 23.0 Å². The smallest absolute Gasteiger partial charge is 0.354 e. The van der Waals surface area contributed by atoms with E-state index in [0.717, 1.165) is 21.8 Å². The molecule has 4 nitrogen and oxygen atoms in total. The predicted molar refractivity (Wildman–Crippen MR) is 61.5 cm³/mol. The molecular formula is C12H10N2O2. The maximum atomic E-state index is 11.4. The lowest BCUT2D eigenvalue weighted by Crippen LogP contribution is -2.00. The summed E-state index contributed by atoms with van der Waals surface area (Å²) in [4.78, 5) is 17.6. The van der Waals surface area contributed by atoms with Gasteiger partial charge >= 0.3 is 5.97 Å². The van der Waals surface area contributed by atoms with Crippen LogP contribution in [0.5, 0.6) is 0 Å². The zero-order valence-corrected chi connectivity index (χ0v) is 8.70. The van der Waals surface area contributed by atoms with E-state index in [-0.39, 0.29) is 5.97 Å². The van der Waals surface area contributed by atoms with Crippen molar-refractivity contribution in [1.29, 1.82) is 0 Å². The van der Waals surface area contributed by atoms with Crippen molar-refractivity contribution >= 4 is 27.8 Å². The summed E-state index contributed by atoms with van der Waals surface area (Å²) >= 11 is 0. The average Bonchev–Trinajstić information content (AvgIpc) is 2.92. The second kappa shape index (κ2) is 3.13. The molecule has 0 aliphatic rings. The highest BCUT2D eigenvalue weighted by Crippen LogP contribution is 2.25. The number of benzene rings is 1. The quantitative estimate of drug-likeness (QED) is 0.611. The first-order chi connectivity index (χ1) is 7.79. The van der Waals surface area contributed by atoms with Crippen molar-refractivity contribution in [1.82, 2.24) is 9.97 Å². The molecule has 0 bridgehead atoms. The molecule has 0 fully saturated rings. The topological polar surface area (TPSA) is 57.9 Å². The molecule has 0 radical (unpaired) electrons. The van der Waals surface area contributed by atoms with Gasteiger partial charge in [0.05, 0.1) is 7.11 Å². The van der Waals surface area contributed by atoms with Crippen LogP contribution < -0.4 is 0 Å². The van der Waals surface area contributed by atoms with Crippen LogP contribution in [-0.2, 0) is 4.74 Å². The minimum Gasteiger partial charge on any atom is -0.464 e. The van der Waals surface area contributed by atoms with E-state index in [2.05, 4.69) is 14.7 Å². The number of carbonyl (C=O) groups excluding carboxylic acids is 1. The van der Waals surface area contributed by atoms with E-state index >= 15 is 0 Å². The Kier molecular flexibility index (Phi) is 1.77. The summed E-state index contributed by atoms with van der Waals surface area (Å²) < 4.78 is 4.68. The summed E-state index contributed by atoms with van der Waals surface area (Å²) in [5.74, 6) is -0.347. The van der Waals surface area contributed by atoms with E-state index in [1.807, 2.05) is 30.5 Å². The summed E-state index contributed by atoms with van der Waals surface area (Å²) in [6.07, 6.45) is 1.88. The van der Waals surface area contributed by atoms with Gasteiger partial charge in [0.25, 0.3) is 0 Å². The van der Waals surface area contributed by atoms with E-state index < -0.39 is 0 Å². The Hall–Kier alpha value is -2.23. The second-order valence-corrected chi connectivity index (χ2v) is 3.64. The predicted octanol–water partition coefficient (Wildman–Crippen LogP) is 2.44. The van der Waals surface area contributed by atoms with Crippen molar-refractivity contribution in [3.8, 4) is 0 Å². The highest BCUT2D eigenvalue weighted by molar-refractivity contribution is 6.08. The maximum absolute atomic E-state index is 11.4. The third-order valence-corrected chi connectivity index (χ3v) is 2.74. The van der Waals surface area contributed by atoms with Gasteiger partial charge < -0.3 is 14.7 Å². The molecule has 2 N–H and O–H groups in total. The Morgan fingerprint density at radius 2 is 2.00 bits per heavy atom. The van der Waals surface area contributed by atoms with Gasteiger partial charge in [-0.2, -0.15) is 0 Å². The Morgan fingerprint density at radius 1 is 1.19 bits per heavy atom. The normalized spacial score (nSPS) is 11.1. The number of hydrogen-bond acceptors (Lipinski definition) is 2. The Morgan fingerprint density at radius 3 is 2.81 bits per heavy atom. The lowest BCUT2D eigenvalue weighted by atomic mass is 10.1. The summed E-state index contributed by atoms with van der Waals surface area (Å²) in [5, 5.41) is 2.13. The number of methoxy groups -OCH3 is 1. The summed E-state index contributed by atoms with van der Waals surface area (Å²) in [7, 11) is 1.37. The van der Waals surface area contributed by atoms with Crippen LogP contribution in [0.4, 0.5) is 0 Å². The van der Waals surface area contributed by atoms with Gasteiger partial charge in [0.1, 0.15) is 5.69 Å². The zero-order chi connectivity index (χ0) is 11.1. The van der Waals surface area contributed by atoms with Gasteiger partial charge in [0.15, 0.2) is 0 Å². The van der Waals surface area contributed by atoms with Crippen LogP contribution in [0.3, 0.4) is 0 Å². The third kappa shape index (κ3) is 1.13. The molecule has 3 aromatic rings. The van der Waals surface area contributed by atoms with Crippen LogP contribution in [0.25, 0.3) is 21.8 Å². The van der Waals surface area contributed by atoms with Crippen LogP contribution in [0.2, 0.25) is 0 Å². The third-order valence-electron chi connectivity index (χ3n) is 2.74. The average molecular weight is 214 g/mol. The number of rotatable bonds is 1. The van der Waals surface area contributed by atoms with Crippen molar-refractivity contribution in [3.63, 3.8) is 0 Å². The number of aromatic amines is 2. The molecule has 0 unspecified atom stereocenters. The number of H-pyrrole nitrogens is 2. The molecule has 0 saturated carbocycles. The van der Waals surface area contributed by atoms with E-state index in [4.69, 9.17) is 0 Å². The van der Waals surface area contributed by atoms with Gasteiger partial charge in [-0.15, -0.1) is 0 Å². The molecule has 2 aromatic heterocycles. The minimum absolute atomic E-state index is 0.347. The largest absolute Gasteiger partial charge is 0.464 e. The number of hydrogen-bond donors (Lipinski definition) is 2. The highest BCUT2D eigenvalue weighted by atomic mass is 16.5. The highest BCUT2D eigenvalue weighted by Gasteiger charge is 2.11. The first-order valence-electron chi connectivity index (χ1n) is 4.97. The SMILES string of the molecule is COC(=O)c1cc2c(ccc3[nH]ccc32)[nH]1. The van der Waals surface area contributed by atoms with Crippen molar-refractivity contribution in [2.75, 3.05) is 7.11 Å². The number of fused-ring (bicyclic) bond motifs is 3. The second-order valence-electron chi connectivity index (χ2n) is 3.64. The summed E-state index contributed by atoms with van der Waals surface area (Å²) in [6.45, 7) is 0. The van der Waals surface area contributed by atoms with Crippen molar-refractivity contribution in [2.45, 2.75) is 0 Å². The standard InChI is InChI=1S/C12H10N2O2/c1-16-12(15)11-6-8-7-4-5-13-9(7)2-3-10(8)14-11/h2-6,13-14H,1H3. The first kappa shape index (κ1) is 9.03. The lowest BCUT2D eigenvalue weighted by Gasteiger charge is -1.92. The van der Waals surface area contributed by atoms with Gasteiger partial charge in [-0.25, -0.2) is 4.79 Å². The molecular weight excluding hydrogens is 204 g/mol. The molecule has 3 rings (SSSR count). The number of ether oxygens (including phenoxy) is 1. The molecule has 0 aliphatic heterocycles. The molecule has 80 valence electrons. The molecule has 1 aromatic carbocycles. The fraction of sp³-hybridized carbons (Fsp3) is 0.0833. The van der Waals surface area contributed by atoms with Crippen LogP contribution >= 0.6 is 0 Å². The molecule has 0 atom stereocenters. The molecule has 16 heavy (non-hydrogen) atoms. The maximum Gasteiger partial charge on any atom is 0.354 e. The number of esters is 1. The van der Waals surface area contributed by atoms with E-state index in [1.54, 1.807) is 0 Å². The zero-order valence-electron chi connectivity index (χ0n) is 8.70. The van der Waals surface area contributed by atoms with Gasteiger partial charge in [0, 0.05) is 28.0 Å². The number of aromatic nitrogens is 2. The molecule has 0 spiro atoms. The van der Waals surface area contributed by atoms with Gasteiger partial charge in [-0.1, -0.05) is 0 Å². The molecule has 4 heteroatoms. The van der Waals surface area contributed by atoms with Crippen LogP contribution in [0.15, 0.2) is 30.5 Å². The van der Waals surface area contributed by atoms with E-state index in [9.17, 15) is 4.79 Å². The monoisotopic (exact) mass is 214 g/mol. The van der Waals surface area contributed by atoms with Gasteiger partial charge in [0.2, 0.25) is 0 Å². The van der Waals surface area contributed by atoms with E-state index in [0.29, 0.717) is 5.69 Å². The molecule has 0 aliphatic carbocycles. The fourth-order valence-corrected chi connectivity index (χ4v) is 1.97. The van der Waals surface area contributed by atoms with Crippen LogP contribution in [0.1, 0.15) is 10.5 Å².